The van der Waals surface area contributed by atoms with Crippen molar-refractivity contribution in [3.63, 3.8) is 0 Å². The molecule has 1 aliphatic rings. The minimum Gasteiger partial charge on any atom is -0.364 e. The van der Waals surface area contributed by atoms with E-state index in [2.05, 4.69) is 19.2 Å². The van der Waals surface area contributed by atoms with Gasteiger partial charge in [0, 0.05) is 12.6 Å². The predicted octanol–water partition coefficient (Wildman–Crippen LogP) is 1.19. The van der Waals surface area contributed by atoms with Gasteiger partial charge in [0.15, 0.2) is 0 Å². The minimum absolute atomic E-state index is 0.0382. The second-order valence-corrected chi connectivity index (χ2v) is 4.46. The highest BCUT2D eigenvalue weighted by Crippen LogP contribution is 2.19. The van der Waals surface area contributed by atoms with Crippen LogP contribution in [0.5, 0.6) is 0 Å². The molecule has 3 N–H and O–H groups in total. The number of carbonyl (C=O) groups excluding carboxylic acids is 1. The molecule has 3 atom stereocenters. The summed E-state index contributed by atoms with van der Waals surface area (Å²) in [5, 5.41) is 3.05. The number of nitrogens with one attached hydrogen (secondary N) is 1. The fourth-order valence-corrected chi connectivity index (χ4v) is 2.09. The van der Waals surface area contributed by atoms with Gasteiger partial charge in [-0.3, -0.25) is 4.79 Å². The maximum absolute atomic E-state index is 11.9. The summed E-state index contributed by atoms with van der Waals surface area (Å²) in [6.45, 7) is 4.74. The topological polar surface area (TPSA) is 64.4 Å². The average molecular weight is 228 g/mol. The normalized spacial score (nSPS) is 26.7. The number of rotatable bonds is 6. The molecule has 4 nitrogen and oxygen atoms in total. The third kappa shape index (κ3) is 3.76. The van der Waals surface area contributed by atoms with Crippen molar-refractivity contribution >= 4 is 5.91 Å². The number of ether oxygens (including phenoxy) is 1. The van der Waals surface area contributed by atoms with E-state index in [-0.39, 0.29) is 24.2 Å². The van der Waals surface area contributed by atoms with Crippen LogP contribution in [0.1, 0.15) is 46.0 Å². The fraction of sp³-hybridized carbons (Fsp3) is 0.917. The molecule has 1 amide bonds. The molecule has 1 unspecified atom stereocenters. The van der Waals surface area contributed by atoms with Crippen LogP contribution in [0.4, 0.5) is 0 Å². The Labute approximate surface area is 97.9 Å². The maximum atomic E-state index is 11.9. The lowest BCUT2D eigenvalue weighted by molar-refractivity contribution is -0.132. The van der Waals surface area contributed by atoms with Gasteiger partial charge in [-0.25, -0.2) is 0 Å². The van der Waals surface area contributed by atoms with E-state index in [9.17, 15) is 4.79 Å². The monoisotopic (exact) mass is 228 g/mol. The van der Waals surface area contributed by atoms with E-state index in [1.165, 1.54) is 0 Å². The Morgan fingerprint density at radius 3 is 2.75 bits per heavy atom. The van der Waals surface area contributed by atoms with Crippen LogP contribution in [0.25, 0.3) is 0 Å². The zero-order valence-electron chi connectivity index (χ0n) is 10.4. The molecule has 0 saturated carbocycles. The van der Waals surface area contributed by atoms with Crippen LogP contribution in [0.15, 0.2) is 0 Å². The summed E-state index contributed by atoms with van der Waals surface area (Å²) in [5.41, 5.74) is 5.51. The molecule has 16 heavy (non-hydrogen) atoms. The van der Waals surface area contributed by atoms with E-state index >= 15 is 0 Å². The van der Waals surface area contributed by atoms with Crippen LogP contribution in [-0.2, 0) is 9.53 Å². The lowest BCUT2D eigenvalue weighted by Crippen LogP contribution is -2.41. The minimum atomic E-state index is -0.278. The molecule has 1 rings (SSSR count). The van der Waals surface area contributed by atoms with Crippen molar-refractivity contribution in [1.29, 1.82) is 0 Å². The van der Waals surface area contributed by atoms with Gasteiger partial charge in [0.2, 0.25) is 5.91 Å². The molecule has 1 saturated heterocycles. The fourth-order valence-electron chi connectivity index (χ4n) is 2.09. The zero-order valence-corrected chi connectivity index (χ0v) is 10.4. The van der Waals surface area contributed by atoms with Crippen LogP contribution in [-0.4, -0.2) is 30.7 Å². The summed E-state index contributed by atoms with van der Waals surface area (Å²) < 4.78 is 5.56. The molecule has 0 spiro atoms. The van der Waals surface area contributed by atoms with E-state index in [4.69, 9.17) is 10.5 Å². The van der Waals surface area contributed by atoms with E-state index in [0.717, 1.165) is 32.1 Å². The van der Waals surface area contributed by atoms with Gasteiger partial charge in [-0.2, -0.15) is 0 Å². The van der Waals surface area contributed by atoms with Crippen molar-refractivity contribution in [3.05, 3.63) is 0 Å². The largest absolute Gasteiger partial charge is 0.364 e. The third-order valence-corrected chi connectivity index (χ3v) is 3.14. The Bertz CT molecular complexity index is 221. The number of carbonyl (C=O) groups is 1. The summed E-state index contributed by atoms with van der Waals surface area (Å²) in [6, 6.07) is 0.290. The summed E-state index contributed by atoms with van der Waals surface area (Å²) >= 11 is 0. The highest BCUT2D eigenvalue weighted by atomic mass is 16.5. The van der Waals surface area contributed by atoms with Crippen molar-refractivity contribution in [2.45, 2.75) is 64.2 Å². The molecule has 0 aliphatic carbocycles. The van der Waals surface area contributed by atoms with Crippen LogP contribution in [0.3, 0.4) is 0 Å². The van der Waals surface area contributed by atoms with Crippen molar-refractivity contribution in [2.24, 2.45) is 5.73 Å². The molecule has 0 aromatic carbocycles. The van der Waals surface area contributed by atoms with Crippen LogP contribution >= 0.6 is 0 Å². The Hall–Kier alpha value is -0.610. The van der Waals surface area contributed by atoms with Crippen LogP contribution in [0, 0.1) is 0 Å². The lowest BCUT2D eigenvalue weighted by atomic mass is 10.1. The van der Waals surface area contributed by atoms with Gasteiger partial charge in [0.1, 0.15) is 6.10 Å². The summed E-state index contributed by atoms with van der Waals surface area (Å²) in [7, 11) is 0. The van der Waals surface area contributed by atoms with Gasteiger partial charge >= 0.3 is 0 Å². The van der Waals surface area contributed by atoms with Crippen molar-refractivity contribution in [2.75, 3.05) is 6.54 Å². The molecular formula is C12H24N2O2. The van der Waals surface area contributed by atoms with Gasteiger partial charge in [-0.15, -0.1) is 0 Å². The second-order valence-electron chi connectivity index (χ2n) is 4.46. The Morgan fingerprint density at radius 1 is 1.50 bits per heavy atom. The number of hydrogen-bond acceptors (Lipinski definition) is 3. The molecule has 94 valence electrons. The molecule has 1 heterocycles. The lowest BCUT2D eigenvalue weighted by Gasteiger charge is -2.19. The van der Waals surface area contributed by atoms with Gasteiger partial charge in [0.05, 0.1) is 6.10 Å². The van der Waals surface area contributed by atoms with Gasteiger partial charge in [0.25, 0.3) is 0 Å². The molecule has 0 aromatic heterocycles. The van der Waals surface area contributed by atoms with Crippen molar-refractivity contribution in [1.82, 2.24) is 5.32 Å². The van der Waals surface area contributed by atoms with Gasteiger partial charge in [-0.05, 0) is 25.7 Å². The second kappa shape index (κ2) is 6.86. The van der Waals surface area contributed by atoms with Crippen LogP contribution < -0.4 is 11.1 Å². The Kier molecular flexibility index (Phi) is 5.77. The summed E-state index contributed by atoms with van der Waals surface area (Å²) in [5.74, 6) is 0.0382. The van der Waals surface area contributed by atoms with Gasteiger partial charge in [-0.1, -0.05) is 20.3 Å². The smallest absolute Gasteiger partial charge is 0.249 e. The predicted molar refractivity (Wildman–Crippen MR) is 64.1 cm³/mol. The summed E-state index contributed by atoms with van der Waals surface area (Å²) in [4.78, 5) is 11.9. The highest BCUT2D eigenvalue weighted by Gasteiger charge is 2.30. The SMILES string of the molecule is CCCC(CC)NC(=O)[C@@H]1CC[C@H](CN)O1. The molecule has 1 aliphatic heterocycles. The Balaban J connectivity index is 2.34. The number of hydrogen-bond donors (Lipinski definition) is 2. The van der Waals surface area contributed by atoms with E-state index in [1.807, 2.05) is 0 Å². The van der Waals surface area contributed by atoms with E-state index in [1.54, 1.807) is 0 Å². The quantitative estimate of drug-likeness (QED) is 0.717. The average Bonchev–Trinajstić information content (AvgIpc) is 2.76. The molecule has 0 aromatic rings. The standard InChI is InChI=1S/C12H24N2O2/c1-3-5-9(4-2)14-12(15)11-7-6-10(8-13)16-11/h9-11H,3-8,13H2,1-2H3,(H,14,15)/t9?,10-,11+/m1/s1. The first kappa shape index (κ1) is 13.5. The molecule has 4 heteroatoms. The van der Waals surface area contributed by atoms with E-state index in [0.29, 0.717) is 6.54 Å². The van der Waals surface area contributed by atoms with E-state index < -0.39 is 0 Å². The maximum Gasteiger partial charge on any atom is 0.249 e. The van der Waals surface area contributed by atoms with Crippen LogP contribution in [0.2, 0.25) is 0 Å². The molecule has 0 radical (unpaired) electrons. The van der Waals surface area contributed by atoms with Gasteiger partial charge < -0.3 is 15.8 Å². The number of amides is 1. The molecule has 0 bridgehead atoms. The highest BCUT2D eigenvalue weighted by molar-refractivity contribution is 5.81. The van der Waals surface area contributed by atoms with Crippen molar-refractivity contribution < 1.29 is 9.53 Å². The van der Waals surface area contributed by atoms with Crippen molar-refractivity contribution in [3.8, 4) is 0 Å². The number of nitrogens with two attached hydrogens (primary N) is 1. The first-order valence-electron chi connectivity index (χ1n) is 6.37. The molecule has 1 fully saturated rings. The Morgan fingerprint density at radius 2 is 2.25 bits per heavy atom. The summed E-state index contributed by atoms with van der Waals surface area (Å²) in [6.07, 6.45) is 4.61. The third-order valence-electron chi connectivity index (χ3n) is 3.14. The molecular weight excluding hydrogens is 204 g/mol. The zero-order chi connectivity index (χ0) is 12.0. The first-order valence-corrected chi connectivity index (χ1v) is 6.37. The first-order chi connectivity index (χ1) is 7.71.